The van der Waals surface area contributed by atoms with E-state index in [9.17, 15) is 9.59 Å². The minimum absolute atomic E-state index is 0.227. The van der Waals surface area contributed by atoms with E-state index < -0.39 is 0 Å². The molecule has 0 aliphatic carbocycles. The van der Waals surface area contributed by atoms with E-state index in [1.807, 2.05) is 18.2 Å². The Kier molecular flexibility index (Phi) is 6.28. The Morgan fingerprint density at radius 2 is 1.41 bits per heavy atom. The Bertz CT molecular complexity index is 1280. The van der Waals surface area contributed by atoms with Crippen molar-refractivity contribution in [2.45, 2.75) is 25.2 Å². The second-order valence-corrected chi connectivity index (χ2v) is 8.90. The van der Waals surface area contributed by atoms with Gasteiger partial charge in [-0.2, -0.15) is 0 Å². The molecule has 34 heavy (non-hydrogen) atoms. The van der Waals surface area contributed by atoms with Gasteiger partial charge >= 0.3 is 0 Å². The molecule has 0 spiro atoms. The van der Waals surface area contributed by atoms with Crippen LogP contribution >= 0.6 is 11.6 Å². The van der Waals surface area contributed by atoms with Gasteiger partial charge in [0.05, 0.1) is 11.1 Å². The number of imidazole rings is 1. The lowest BCUT2D eigenvalue weighted by Gasteiger charge is -2.18. The number of hydrogen-bond donors (Lipinski definition) is 1. The second-order valence-electron chi connectivity index (χ2n) is 8.47. The highest BCUT2D eigenvalue weighted by atomic mass is 35.5. The fraction of sp³-hybridized carbons (Fsp3) is 0.179. The van der Waals surface area contributed by atoms with Crippen LogP contribution in [0.15, 0.2) is 85.1 Å². The van der Waals surface area contributed by atoms with Crippen LogP contribution in [0.4, 0.5) is 0 Å². The summed E-state index contributed by atoms with van der Waals surface area (Å²) in [5, 5.41) is 0.726. The third kappa shape index (κ3) is 4.52. The Hall–Kier alpha value is -3.70. The van der Waals surface area contributed by atoms with Crippen molar-refractivity contribution in [3.63, 3.8) is 0 Å². The van der Waals surface area contributed by atoms with Crippen LogP contribution in [0, 0.1) is 0 Å². The number of benzene rings is 3. The molecule has 1 aliphatic rings. The molecule has 1 atom stereocenters. The molecule has 0 radical (unpaired) electrons. The standard InChI is InChI=1S/C28H24ClN3O2/c29-21-12-10-20(11-13-21)23(19-6-2-1-3-7-19)14-15-26-30-18-22(31-26)16-17-32-27(33)24-8-4-5-9-25(24)28(32)34/h1-13,18,23H,14-17H2,(H,30,31). The zero-order valence-electron chi connectivity index (χ0n) is 18.6. The van der Waals surface area contributed by atoms with Crippen molar-refractivity contribution < 1.29 is 9.59 Å². The van der Waals surface area contributed by atoms with Crippen molar-refractivity contribution in [3.8, 4) is 0 Å². The number of imide groups is 1. The lowest BCUT2D eigenvalue weighted by atomic mass is 9.87. The fourth-order valence-electron chi connectivity index (χ4n) is 4.52. The van der Waals surface area contributed by atoms with Gasteiger partial charge < -0.3 is 4.98 Å². The summed E-state index contributed by atoms with van der Waals surface area (Å²) in [5.41, 5.74) is 4.34. The molecule has 1 aromatic heterocycles. The van der Waals surface area contributed by atoms with E-state index >= 15 is 0 Å². The van der Waals surface area contributed by atoms with Gasteiger partial charge in [0.15, 0.2) is 0 Å². The number of rotatable bonds is 8. The average molecular weight is 470 g/mol. The SMILES string of the molecule is O=C1c2ccccc2C(=O)N1CCc1cnc(CCC(c2ccccc2)c2ccc(Cl)cc2)[nH]1. The first-order chi connectivity index (χ1) is 16.6. The van der Waals surface area contributed by atoms with Crippen molar-refractivity contribution in [2.75, 3.05) is 6.54 Å². The van der Waals surface area contributed by atoms with Crippen molar-refractivity contribution in [3.05, 3.63) is 124 Å². The van der Waals surface area contributed by atoms with E-state index in [1.54, 1.807) is 30.5 Å². The normalized spacial score (nSPS) is 13.9. The van der Waals surface area contributed by atoms with Crippen molar-refractivity contribution in [1.82, 2.24) is 14.9 Å². The number of carbonyl (C=O) groups is 2. The average Bonchev–Trinajstić information content (AvgIpc) is 3.42. The van der Waals surface area contributed by atoms with E-state index in [0.717, 1.165) is 29.4 Å². The smallest absolute Gasteiger partial charge is 0.261 e. The molecule has 5 nitrogen and oxygen atoms in total. The van der Waals surface area contributed by atoms with Crippen molar-refractivity contribution >= 4 is 23.4 Å². The summed E-state index contributed by atoms with van der Waals surface area (Å²) in [6, 6.07) is 25.4. The van der Waals surface area contributed by atoms with E-state index in [4.69, 9.17) is 11.6 Å². The van der Waals surface area contributed by atoms with Crippen LogP contribution in [-0.2, 0) is 12.8 Å². The maximum absolute atomic E-state index is 12.6. The summed E-state index contributed by atoms with van der Waals surface area (Å²) in [4.78, 5) is 34.4. The molecular weight excluding hydrogens is 446 g/mol. The minimum Gasteiger partial charge on any atom is -0.346 e. The minimum atomic E-state index is -0.228. The number of H-pyrrole nitrogens is 1. The third-order valence-electron chi connectivity index (χ3n) is 6.31. The maximum Gasteiger partial charge on any atom is 0.261 e. The van der Waals surface area contributed by atoms with Gasteiger partial charge in [-0.25, -0.2) is 4.98 Å². The zero-order chi connectivity index (χ0) is 23.5. The number of aryl methyl sites for hydroxylation is 1. The van der Waals surface area contributed by atoms with Gasteiger partial charge in [0, 0.05) is 42.2 Å². The van der Waals surface area contributed by atoms with Crippen LogP contribution < -0.4 is 0 Å². The number of halogens is 1. The number of aromatic nitrogens is 2. The highest BCUT2D eigenvalue weighted by molar-refractivity contribution is 6.30. The highest BCUT2D eigenvalue weighted by Gasteiger charge is 2.34. The first-order valence-electron chi connectivity index (χ1n) is 11.4. The van der Waals surface area contributed by atoms with Gasteiger partial charge in [0.25, 0.3) is 11.8 Å². The predicted octanol–water partition coefficient (Wildman–Crippen LogP) is 5.67. The van der Waals surface area contributed by atoms with Crippen molar-refractivity contribution in [2.24, 2.45) is 0 Å². The van der Waals surface area contributed by atoms with Crippen LogP contribution in [0.1, 0.15) is 55.7 Å². The van der Waals surface area contributed by atoms with Crippen LogP contribution in [0.25, 0.3) is 0 Å². The molecule has 1 N–H and O–H groups in total. The van der Waals surface area contributed by atoms with Gasteiger partial charge in [-0.3, -0.25) is 14.5 Å². The Balaban J connectivity index is 1.24. The molecule has 170 valence electrons. The largest absolute Gasteiger partial charge is 0.346 e. The highest BCUT2D eigenvalue weighted by Crippen LogP contribution is 2.30. The van der Waals surface area contributed by atoms with E-state index in [2.05, 4.69) is 46.4 Å². The summed E-state index contributed by atoms with van der Waals surface area (Å²) >= 11 is 6.10. The predicted molar refractivity (Wildman–Crippen MR) is 132 cm³/mol. The molecule has 1 unspecified atom stereocenters. The number of hydrogen-bond acceptors (Lipinski definition) is 3. The zero-order valence-corrected chi connectivity index (χ0v) is 19.3. The molecule has 1 aliphatic heterocycles. The van der Waals surface area contributed by atoms with E-state index in [1.165, 1.54) is 16.0 Å². The second kappa shape index (κ2) is 9.65. The molecule has 0 saturated carbocycles. The summed E-state index contributed by atoms with van der Waals surface area (Å²) in [7, 11) is 0. The van der Waals surface area contributed by atoms with Crippen LogP contribution in [0.2, 0.25) is 5.02 Å². The molecule has 3 aromatic carbocycles. The number of amides is 2. The lowest BCUT2D eigenvalue weighted by Crippen LogP contribution is -2.31. The Labute approximate surface area is 203 Å². The Morgan fingerprint density at radius 3 is 2.09 bits per heavy atom. The monoisotopic (exact) mass is 469 g/mol. The van der Waals surface area contributed by atoms with Gasteiger partial charge in [-0.15, -0.1) is 0 Å². The number of nitrogens with zero attached hydrogens (tertiary/aromatic N) is 2. The molecule has 5 rings (SSSR count). The van der Waals surface area contributed by atoms with Gasteiger partial charge in [-0.05, 0) is 41.8 Å². The molecule has 6 heteroatoms. The number of fused-ring (bicyclic) bond motifs is 1. The number of nitrogens with one attached hydrogen (secondary N) is 1. The summed E-state index contributed by atoms with van der Waals surface area (Å²) < 4.78 is 0. The molecule has 4 aromatic rings. The number of aromatic amines is 1. The van der Waals surface area contributed by atoms with Gasteiger partial charge in [0.1, 0.15) is 5.82 Å². The van der Waals surface area contributed by atoms with Gasteiger partial charge in [0.2, 0.25) is 0 Å². The maximum atomic E-state index is 12.6. The first-order valence-corrected chi connectivity index (χ1v) is 11.8. The first kappa shape index (κ1) is 22.1. The van der Waals surface area contributed by atoms with Crippen LogP contribution in [-0.4, -0.2) is 33.2 Å². The van der Waals surface area contributed by atoms with Crippen LogP contribution in [0.3, 0.4) is 0 Å². The topological polar surface area (TPSA) is 66.1 Å². The quantitative estimate of drug-likeness (QED) is 0.338. The molecular formula is C28H24ClN3O2. The summed E-state index contributed by atoms with van der Waals surface area (Å²) in [5.74, 6) is 0.667. The number of carbonyl (C=O) groups excluding carboxylic acids is 2. The summed E-state index contributed by atoms with van der Waals surface area (Å²) in [6.07, 6.45) is 4.00. The van der Waals surface area contributed by atoms with E-state index in [0.29, 0.717) is 24.1 Å². The molecule has 2 amide bonds. The molecule has 0 fully saturated rings. The van der Waals surface area contributed by atoms with Gasteiger partial charge in [-0.1, -0.05) is 66.2 Å². The molecule has 0 bridgehead atoms. The fourth-order valence-corrected chi connectivity index (χ4v) is 4.65. The summed E-state index contributed by atoms with van der Waals surface area (Å²) in [6.45, 7) is 0.325. The van der Waals surface area contributed by atoms with Crippen molar-refractivity contribution in [1.29, 1.82) is 0 Å². The Morgan fingerprint density at radius 1 is 0.794 bits per heavy atom. The third-order valence-corrected chi connectivity index (χ3v) is 6.56. The van der Waals surface area contributed by atoms with E-state index in [-0.39, 0.29) is 17.7 Å². The molecule has 2 heterocycles. The van der Waals surface area contributed by atoms with Crippen LogP contribution in [0.5, 0.6) is 0 Å². The molecule has 0 saturated heterocycles. The lowest BCUT2D eigenvalue weighted by molar-refractivity contribution is 0.0656.